The lowest BCUT2D eigenvalue weighted by Crippen LogP contribution is -2.47. The number of hydrogen-bond donors (Lipinski definition) is 4. The van der Waals surface area contributed by atoms with Crippen LogP contribution in [-0.4, -0.2) is 83.1 Å². The third-order valence-corrected chi connectivity index (χ3v) is 7.48. The lowest BCUT2D eigenvalue weighted by molar-refractivity contribution is -0.135. The molecule has 2 aliphatic heterocycles. The van der Waals surface area contributed by atoms with E-state index in [-0.39, 0.29) is 34.6 Å². The Morgan fingerprint density at radius 3 is 2.76 bits per heavy atom. The number of hydrogen-bond acceptors (Lipinski definition) is 9. The van der Waals surface area contributed by atoms with Gasteiger partial charge in [0.15, 0.2) is 0 Å². The lowest BCUT2D eigenvalue weighted by atomic mass is 10.1. The first-order valence-corrected chi connectivity index (χ1v) is 13.9. The van der Waals surface area contributed by atoms with Crippen LogP contribution in [0.5, 0.6) is 5.75 Å². The first-order valence-electron chi connectivity index (χ1n) is 13.5. The summed E-state index contributed by atoms with van der Waals surface area (Å²) in [5, 5.41) is 24.6. The van der Waals surface area contributed by atoms with Gasteiger partial charge in [-0.05, 0) is 56.0 Å². The second-order valence-corrected chi connectivity index (χ2v) is 10.4. The third-order valence-electron chi connectivity index (χ3n) is 7.21. The number of nitrogens with zero attached hydrogens (tertiary/aromatic N) is 3. The van der Waals surface area contributed by atoms with Crippen molar-refractivity contribution in [1.29, 1.82) is 5.41 Å². The number of halogens is 2. The summed E-state index contributed by atoms with van der Waals surface area (Å²) in [6.07, 6.45) is 6.41. The van der Waals surface area contributed by atoms with E-state index in [0.717, 1.165) is 12.8 Å². The summed E-state index contributed by atoms with van der Waals surface area (Å²) in [6, 6.07) is 2.12. The molecule has 1 aromatic heterocycles. The number of carbonyl (C=O) groups is 2. The second-order valence-electron chi connectivity index (χ2n) is 9.98. The van der Waals surface area contributed by atoms with Crippen LogP contribution in [0.3, 0.4) is 0 Å². The molecule has 2 aliphatic rings. The molecule has 4 rings (SSSR count). The summed E-state index contributed by atoms with van der Waals surface area (Å²) in [4.78, 5) is 36.7. The van der Waals surface area contributed by atoms with Crippen molar-refractivity contribution in [3.8, 4) is 5.75 Å². The van der Waals surface area contributed by atoms with Crippen molar-refractivity contribution >= 4 is 40.6 Å². The average molecular weight is 601 g/mol. The maximum Gasteiger partial charge on any atom is 0.256 e. The number of aromatic nitrogens is 2. The van der Waals surface area contributed by atoms with E-state index < -0.39 is 36.3 Å². The molecule has 0 unspecified atom stereocenters. The van der Waals surface area contributed by atoms with Crippen molar-refractivity contribution in [2.45, 2.75) is 44.8 Å². The molecule has 0 bridgehead atoms. The Balaban J connectivity index is 1.50. The largest absolute Gasteiger partial charge is 0.497 e. The highest BCUT2D eigenvalue weighted by Gasteiger charge is 2.37. The summed E-state index contributed by atoms with van der Waals surface area (Å²) in [6.45, 7) is 4.00. The van der Waals surface area contributed by atoms with Gasteiger partial charge in [0.05, 0.1) is 54.5 Å². The summed E-state index contributed by atoms with van der Waals surface area (Å²) in [5.74, 6) is -1.04. The molecule has 2 amide bonds. The summed E-state index contributed by atoms with van der Waals surface area (Å²) < 4.78 is 24.5. The number of methoxy groups -OCH3 is 1. The Kier molecular flexibility index (Phi) is 10.3. The van der Waals surface area contributed by atoms with Gasteiger partial charge in [-0.15, -0.1) is 0 Å². The zero-order valence-electron chi connectivity index (χ0n) is 23.6. The number of rotatable bonds is 10. The van der Waals surface area contributed by atoms with Crippen LogP contribution in [0, 0.1) is 11.2 Å². The highest BCUT2D eigenvalue weighted by molar-refractivity contribution is 6.32. The molecule has 42 heavy (non-hydrogen) atoms. The Bertz CT molecular complexity index is 1410. The molecule has 0 saturated carbocycles. The van der Waals surface area contributed by atoms with Gasteiger partial charge >= 0.3 is 0 Å². The number of allylic oxidation sites excluding steroid dienone is 3. The molecule has 3 heterocycles. The molecule has 1 aromatic carbocycles. The first kappa shape index (κ1) is 31.1. The van der Waals surface area contributed by atoms with Gasteiger partial charge in [-0.1, -0.05) is 17.7 Å². The van der Waals surface area contributed by atoms with Crippen molar-refractivity contribution < 1.29 is 28.6 Å². The van der Waals surface area contributed by atoms with Gasteiger partial charge in [-0.25, -0.2) is 14.4 Å². The van der Waals surface area contributed by atoms with E-state index in [0.29, 0.717) is 36.0 Å². The molecule has 11 nitrogen and oxygen atoms in total. The molecule has 224 valence electrons. The summed E-state index contributed by atoms with van der Waals surface area (Å²) in [7, 11) is 1.38. The van der Waals surface area contributed by atoms with Gasteiger partial charge in [-0.3, -0.25) is 9.59 Å². The van der Waals surface area contributed by atoms with Gasteiger partial charge in [0.25, 0.3) is 5.91 Å². The number of aliphatic hydroxyl groups excluding tert-OH is 1. The minimum Gasteiger partial charge on any atom is -0.497 e. The number of carbonyl (C=O) groups excluding carboxylic acids is 2. The Labute approximate surface area is 248 Å². The van der Waals surface area contributed by atoms with Crippen molar-refractivity contribution in [3.05, 3.63) is 64.2 Å². The lowest BCUT2D eigenvalue weighted by Gasteiger charge is -2.25. The topological polar surface area (TPSA) is 150 Å². The van der Waals surface area contributed by atoms with E-state index >= 15 is 0 Å². The predicted octanol–water partition coefficient (Wildman–Crippen LogP) is 3.30. The predicted molar refractivity (Wildman–Crippen MR) is 156 cm³/mol. The minimum absolute atomic E-state index is 0.0262. The van der Waals surface area contributed by atoms with Crippen molar-refractivity contribution in [1.82, 2.24) is 20.2 Å². The molecule has 4 N–H and O–H groups in total. The smallest absolute Gasteiger partial charge is 0.256 e. The van der Waals surface area contributed by atoms with Gasteiger partial charge in [0.2, 0.25) is 11.9 Å². The minimum atomic E-state index is -0.986. The van der Waals surface area contributed by atoms with Crippen molar-refractivity contribution in [3.63, 3.8) is 0 Å². The maximum absolute atomic E-state index is 14.0. The van der Waals surface area contributed by atoms with E-state index in [1.165, 1.54) is 49.4 Å². The Morgan fingerprint density at radius 2 is 2.10 bits per heavy atom. The fourth-order valence-electron chi connectivity index (χ4n) is 4.75. The number of amides is 2. The van der Waals surface area contributed by atoms with Gasteiger partial charge in [0.1, 0.15) is 17.6 Å². The molecule has 0 aliphatic carbocycles. The molecule has 2 atom stereocenters. The number of benzene rings is 1. The Hall–Kier alpha value is -3.87. The van der Waals surface area contributed by atoms with Crippen molar-refractivity contribution in [2.24, 2.45) is 0 Å². The monoisotopic (exact) mass is 600 g/mol. The van der Waals surface area contributed by atoms with E-state index in [2.05, 4.69) is 20.6 Å². The van der Waals surface area contributed by atoms with Crippen LogP contribution < -0.4 is 15.4 Å². The highest BCUT2D eigenvalue weighted by atomic mass is 35.5. The Morgan fingerprint density at radius 1 is 1.36 bits per heavy atom. The summed E-state index contributed by atoms with van der Waals surface area (Å²) >= 11 is 6.44. The number of likely N-dealkylation sites (tertiary alicyclic amines) is 1. The average Bonchev–Trinajstić information content (AvgIpc) is 3.27. The number of nitrogens with one attached hydrogen (secondary N) is 3. The maximum atomic E-state index is 14.0. The fraction of sp³-hybridized carbons (Fsp3) is 0.414. The van der Waals surface area contributed by atoms with Crippen LogP contribution in [0.25, 0.3) is 5.57 Å². The van der Waals surface area contributed by atoms with E-state index in [1.54, 1.807) is 13.0 Å². The quantitative estimate of drug-likeness (QED) is 0.304. The summed E-state index contributed by atoms with van der Waals surface area (Å²) in [5.41, 5.74) is 1.35. The van der Waals surface area contributed by atoms with Crippen LogP contribution in [0.4, 0.5) is 10.3 Å². The van der Waals surface area contributed by atoms with E-state index in [1.807, 2.05) is 0 Å². The third kappa shape index (κ3) is 7.12. The van der Waals surface area contributed by atoms with Gasteiger partial charge in [0, 0.05) is 25.3 Å². The number of anilines is 1. The van der Waals surface area contributed by atoms with Crippen LogP contribution in [0.2, 0.25) is 5.02 Å². The zero-order chi connectivity index (χ0) is 30.4. The van der Waals surface area contributed by atoms with Crippen LogP contribution in [0.15, 0.2) is 42.1 Å². The normalized spacial score (nSPS) is 18.8. The SMILES string of the molecule is C/C=C(\C=C1/C(=N)CN([C@H](C)C(=O)N[C@H](CO)c2cc(F)cc(OC)c2)C1=O)c1nc(NC2CCOCC2)ncc1Cl. The first-order chi connectivity index (χ1) is 20.1. The van der Waals surface area contributed by atoms with Crippen molar-refractivity contribution in [2.75, 3.05) is 38.8 Å². The molecule has 0 radical (unpaired) electrons. The molecular weight excluding hydrogens is 567 g/mol. The fourth-order valence-corrected chi connectivity index (χ4v) is 4.95. The standard InChI is InChI=1S/C29H34ClFN6O5/c1-4-17(26-23(30)13-33-29(36-26)34-20-5-7-42-8-6-20)11-22-24(32)14-37(28(22)40)16(2)27(39)35-25(15-38)18-9-19(31)12-21(10-18)41-3/h4,9-13,16,20,25,32,38H,5-8,14-15H2,1-3H3,(H,35,39)(H,33,34,36)/b17-4+,22-11+,32-24?/t16-,25-/m1/s1. The number of ether oxygens (including phenoxy) is 2. The number of aliphatic hydroxyl groups is 1. The molecule has 13 heteroatoms. The highest BCUT2D eigenvalue weighted by Crippen LogP contribution is 2.28. The van der Waals surface area contributed by atoms with E-state index in [4.69, 9.17) is 26.5 Å². The molecule has 0 spiro atoms. The molecule has 2 fully saturated rings. The molecular formula is C29H34ClFN6O5. The van der Waals surface area contributed by atoms with Crippen LogP contribution in [0.1, 0.15) is 44.0 Å². The van der Waals surface area contributed by atoms with Crippen LogP contribution in [-0.2, 0) is 14.3 Å². The van der Waals surface area contributed by atoms with E-state index in [9.17, 15) is 19.1 Å². The van der Waals surface area contributed by atoms with Gasteiger partial charge < -0.3 is 35.5 Å². The van der Waals surface area contributed by atoms with Gasteiger partial charge in [-0.2, -0.15) is 0 Å². The zero-order valence-corrected chi connectivity index (χ0v) is 24.4. The molecule has 2 saturated heterocycles. The van der Waals surface area contributed by atoms with Crippen LogP contribution >= 0.6 is 11.6 Å². The second kappa shape index (κ2) is 13.9. The molecule has 2 aromatic rings.